The smallest absolute Gasteiger partial charge is 0.134 e. The Hall–Kier alpha value is -1.09. The van der Waals surface area contributed by atoms with E-state index in [0.717, 1.165) is 17.7 Å². The maximum absolute atomic E-state index is 5.83. The third kappa shape index (κ3) is 1.07. The summed E-state index contributed by atoms with van der Waals surface area (Å²) in [6.07, 6.45) is 4.19. The highest BCUT2D eigenvalue weighted by molar-refractivity contribution is 6.30. The minimum Gasteiger partial charge on any atom is -0.278 e. The second kappa shape index (κ2) is 2.51. The molecule has 0 saturated heterocycles. The monoisotopic (exact) mass is 167 g/mol. The number of nitrogens with one attached hydrogen (secondary N) is 1. The molecule has 1 aromatic rings. The number of hydrogen-bond acceptors (Lipinski definition) is 3. The van der Waals surface area contributed by atoms with E-state index in [1.165, 1.54) is 0 Å². The molecule has 4 heteroatoms. The lowest BCUT2D eigenvalue weighted by atomic mass is 10.2. The number of nitrogens with zero attached hydrogens (tertiary/aromatic N) is 2. The Kier molecular flexibility index (Phi) is 1.51. The van der Waals surface area contributed by atoms with E-state index in [2.05, 4.69) is 15.5 Å². The van der Waals surface area contributed by atoms with Crippen molar-refractivity contribution in [3.63, 3.8) is 0 Å². The first-order chi connectivity index (χ1) is 5.38. The van der Waals surface area contributed by atoms with Crippen LogP contribution in [0.15, 0.2) is 17.4 Å². The highest BCUT2D eigenvalue weighted by Crippen LogP contribution is 2.23. The molecule has 3 nitrogen and oxygen atoms in total. The summed E-state index contributed by atoms with van der Waals surface area (Å²) in [5.41, 5.74) is 4.82. The molecule has 0 amide bonds. The Morgan fingerprint density at radius 3 is 3.27 bits per heavy atom. The molecule has 2 heterocycles. The zero-order valence-corrected chi connectivity index (χ0v) is 6.47. The van der Waals surface area contributed by atoms with E-state index in [9.17, 15) is 0 Å². The lowest BCUT2D eigenvalue weighted by Gasteiger charge is -2.11. The fourth-order valence-corrected chi connectivity index (χ4v) is 1.25. The lowest BCUT2D eigenvalue weighted by molar-refractivity contribution is 1.16. The van der Waals surface area contributed by atoms with Gasteiger partial charge in [0.25, 0.3) is 0 Å². The van der Waals surface area contributed by atoms with Crippen LogP contribution in [-0.2, 0) is 6.42 Å². The van der Waals surface area contributed by atoms with Gasteiger partial charge in [0.15, 0.2) is 0 Å². The topological polar surface area (TPSA) is 37.3 Å². The van der Waals surface area contributed by atoms with Crippen LogP contribution in [0.3, 0.4) is 0 Å². The summed E-state index contributed by atoms with van der Waals surface area (Å²) in [6.45, 7) is 0. The highest BCUT2D eigenvalue weighted by Gasteiger charge is 2.08. The average Bonchev–Trinajstić information content (AvgIpc) is 2.06. The molecule has 1 aliphatic rings. The predicted octanol–water partition coefficient (Wildman–Crippen LogP) is 1.69. The van der Waals surface area contributed by atoms with Crippen LogP contribution in [-0.4, -0.2) is 11.2 Å². The first-order valence-electron chi connectivity index (χ1n) is 3.29. The van der Waals surface area contributed by atoms with Crippen molar-refractivity contribution in [2.45, 2.75) is 6.42 Å². The number of hydrogen-bond donors (Lipinski definition) is 1. The summed E-state index contributed by atoms with van der Waals surface area (Å²) in [5, 5.41) is 4.45. The summed E-state index contributed by atoms with van der Waals surface area (Å²) in [6, 6.07) is 1.86. The molecule has 1 aromatic heterocycles. The molecule has 0 saturated carbocycles. The Balaban J connectivity index is 2.54. The molecule has 1 N–H and O–H groups in total. The van der Waals surface area contributed by atoms with Gasteiger partial charge in [-0.25, -0.2) is 4.98 Å². The summed E-state index contributed by atoms with van der Waals surface area (Å²) >= 11 is 5.83. The summed E-state index contributed by atoms with van der Waals surface area (Å²) < 4.78 is 0. The van der Waals surface area contributed by atoms with Gasteiger partial charge in [0.1, 0.15) is 5.15 Å². The van der Waals surface area contributed by atoms with Crippen LogP contribution in [0.25, 0.3) is 0 Å². The molecule has 0 bridgehead atoms. The number of aromatic nitrogens is 1. The van der Waals surface area contributed by atoms with Gasteiger partial charge in [-0.3, -0.25) is 5.43 Å². The van der Waals surface area contributed by atoms with Crippen LogP contribution in [0.1, 0.15) is 5.56 Å². The van der Waals surface area contributed by atoms with Crippen LogP contribution >= 0.6 is 11.6 Å². The molecule has 0 unspecified atom stereocenters. The zero-order valence-electron chi connectivity index (χ0n) is 5.71. The van der Waals surface area contributed by atoms with Crippen molar-refractivity contribution in [3.05, 3.63) is 23.0 Å². The number of halogens is 1. The van der Waals surface area contributed by atoms with Gasteiger partial charge in [-0.15, -0.1) is 0 Å². The van der Waals surface area contributed by atoms with Crippen LogP contribution in [0, 0.1) is 0 Å². The van der Waals surface area contributed by atoms with Crippen molar-refractivity contribution >= 4 is 23.5 Å². The molecule has 0 spiro atoms. The molecule has 1 aliphatic heterocycles. The number of fused-ring (bicyclic) bond motifs is 1. The molecule has 11 heavy (non-hydrogen) atoms. The zero-order chi connectivity index (χ0) is 7.68. The summed E-state index contributed by atoms with van der Waals surface area (Å²) in [4.78, 5) is 3.96. The Labute approximate surface area is 69.1 Å². The fourth-order valence-electron chi connectivity index (χ4n) is 1.02. The van der Waals surface area contributed by atoms with Crippen molar-refractivity contribution < 1.29 is 0 Å². The van der Waals surface area contributed by atoms with Crippen molar-refractivity contribution in [2.75, 3.05) is 5.43 Å². The minimum atomic E-state index is 0.557. The first-order valence-corrected chi connectivity index (χ1v) is 3.66. The Bertz CT molecular complexity index is 309. The molecule has 0 aliphatic carbocycles. The quantitative estimate of drug-likeness (QED) is 0.597. The van der Waals surface area contributed by atoms with Gasteiger partial charge in [0, 0.05) is 24.4 Å². The van der Waals surface area contributed by atoms with Crippen LogP contribution in [0.4, 0.5) is 5.69 Å². The SMILES string of the molecule is Clc1nccc2c1CC=NN2. The van der Waals surface area contributed by atoms with Crippen molar-refractivity contribution in [2.24, 2.45) is 5.10 Å². The molecule has 0 aromatic carbocycles. The number of hydrazone groups is 1. The lowest BCUT2D eigenvalue weighted by Crippen LogP contribution is -2.04. The largest absolute Gasteiger partial charge is 0.278 e. The second-order valence-electron chi connectivity index (χ2n) is 2.26. The maximum atomic E-state index is 5.83. The summed E-state index contributed by atoms with van der Waals surface area (Å²) in [7, 11) is 0. The molecule has 2 rings (SSSR count). The third-order valence-electron chi connectivity index (χ3n) is 1.57. The number of anilines is 1. The van der Waals surface area contributed by atoms with Crippen LogP contribution in [0.5, 0.6) is 0 Å². The first kappa shape index (κ1) is 6.61. The van der Waals surface area contributed by atoms with Gasteiger partial charge in [-0.05, 0) is 6.07 Å². The minimum absolute atomic E-state index is 0.557. The Morgan fingerprint density at radius 2 is 2.45 bits per heavy atom. The molecule has 0 atom stereocenters. The molecular weight excluding hydrogens is 162 g/mol. The molecular formula is C7H6ClN3. The third-order valence-corrected chi connectivity index (χ3v) is 1.90. The number of pyridine rings is 1. The van der Waals surface area contributed by atoms with Gasteiger partial charge in [-0.1, -0.05) is 11.6 Å². The van der Waals surface area contributed by atoms with Crippen molar-refractivity contribution in [1.82, 2.24) is 4.98 Å². The van der Waals surface area contributed by atoms with E-state index in [1.807, 2.05) is 6.07 Å². The molecule has 0 fully saturated rings. The Morgan fingerprint density at radius 1 is 1.55 bits per heavy atom. The summed E-state index contributed by atoms with van der Waals surface area (Å²) in [5.74, 6) is 0. The predicted molar refractivity (Wildman–Crippen MR) is 45.1 cm³/mol. The average molecular weight is 168 g/mol. The van der Waals surface area contributed by atoms with Gasteiger partial charge in [0.2, 0.25) is 0 Å². The van der Waals surface area contributed by atoms with E-state index < -0.39 is 0 Å². The van der Waals surface area contributed by atoms with E-state index in [0.29, 0.717) is 5.15 Å². The molecule has 56 valence electrons. The van der Waals surface area contributed by atoms with Crippen molar-refractivity contribution in [1.29, 1.82) is 0 Å². The molecule has 0 radical (unpaired) electrons. The van der Waals surface area contributed by atoms with Crippen LogP contribution in [0.2, 0.25) is 5.15 Å². The highest BCUT2D eigenvalue weighted by atomic mass is 35.5. The maximum Gasteiger partial charge on any atom is 0.134 e. The van der Waals surface area contributed by atoms with E-state index >= 15 is 0 Å². The normalized spacial score (nSPS) is 13.9. The standard InChI is InChI=1S/C7H6ClN3/c8-7-5-1-4-10-11-6(5)2-3-9-7/h2-4,11H,1H2. The van der Waals surface area contributed by atoms with E-state index in [-0.39, 0.29) is 0 Å². The van der Waals surface area contributed by atoms with Gasteiger partial charge in [0.05, 0.1) is 5.69 Å². The van der Waals surface area contributed by atoms with Gasteiger partial charge in [-0.2, -0.15) is 5.10 Å². The van der Waals surface area contributed by atoms with Crippen LogP contribution < -0.4 is 5.43 Å². The second-order valence-corrected chi connectivity index (χ2v) is 2.61. The van der Waals surface area contributed by atoms with E-state index in [1.54, 1.807) is 12.4 Å². The van der Waals surface area contributed by atoms with Gasteiger partial charge < -0.3 is 0 Å². The van der Waals surface area contributed by atoms with Gasteiger partial charge >= 0.3 is 0 Å². The fraction of sp³-hybridized carbons (Fsp3) is 0.143. The number of rotatable bonds is 0. The van der Waals surface area contributed by atoms with Crippen molar-refractivity contribution in [3.8, 4) is 0 Å². The van der Waals surface area contributed by atoms with E-state index in [4.69, 9.17) is 11.6 Å².